The normalized spacial score (nSPS) is 17.9. The van der Waals surface area contributed by atoms with E-state index in [-0.39, 0.29) is 16.7 Å². The van der Waals surface area contributed by atoms with E-state index in [9.17, 15) is 13.2 Å². The second-order valence-electron chi connectivity index (χ2n) is 9.01. The third kappa shape index (κ3) is 4.79. The van der Waals surface area contributed by atoms with Crippen molar-refractivity contribution in [3.05, 3.63) is 58.7 Å². The van der Waals surface area contributed by atoms with Crippen molar-refractivity contribution in [1.82, 2.24) is 4.90 Å². The smallest absolute Gasteiger partial charge is 0.282 e. The topological polar surface area (TPSA) is 78.8 Å². The van der Waals surface area contributed by atoms with Crippen molar-refractivity contribution in [3.8, 4) is 0 Å². The molecule has 1 amide bonds. The summed E-state index contributed by atoms with van der Waals surface area (Å²) in [6.07, 6.45) is 4.86. The van der Waals surface area contributed by atoms with E-state index in [1.54, 1.807) is 19.1 Å². The summed E-state index contributed by atoms with van der Waals surface area (Å²) in [6.45, 7) is 5.52. The highest BCUT2D eigenvalue weighted by Crippen LogP contribution is 2.27. The first-order valence-electron chi connectivity index (χ1n) is 11.3. The SMILES string of the molecule is C/C(=N/S(=O)(=O)c1ccc(NC(=O)c2cccc3c2CCC3)c(C)c1)C1CCN(C)CC1. The number of amides is 1. The molecular weight excluding hydrogens is 422 g/mol. The van der Waals surface area contributed by atoms with E-state index in [4.69, 9.17) is 0 Å². The molecule has 2 aromatic rings. The third-order valence-corrected chi connectivity index (χ3v) is 8.09. The van der Waals surface area contributed by atoms with Gasteiger partial charge in [-0.15, -0.1) is 0 Å². The van der Waals surface area contributed by atoms with Gasteiger partial charge in [-0.25, -0.2) is 0 Å². The summed E-state index contributed by atoms with van der Waals surface area (Å²) in [7, 11) is -1.71. The molecule has 1 saturated heterocycles. The Hall–Kier alpha value is -2.51. The van der Waals surface area contributed by atoms with E-state index in [0.29, 0.717) is 22.5 Å². The fourth-order valence-corrected chi connectivity index (χ4v) is 5.90. The van der Waals surface area contributed by atoms with Crippen LogP contribution in [0.25, 0.3) is 0 Å². The van der Waals surface area contributed by atoms with Gasteiger partial charge in [-0.3, -0.25) is 4.79 Å². The summed E-state index contributed by atoms with van der Waals surface area (Å²) < 4.78 is 29.9. The van der Waals surface area contributed by atoms with Gasteiger partial charge in [0.1, 0.15) is 0 Å². The fraction of sp³-hybridized carbons (Fsp3) is 0.440. The molecule has 0 aromatic heterocycles. The van der Waals surface area contributed by atoms with E-state index < -0.39 is 10.0 Å². The Kier molecular flexibility index (Phi) is 6.49. The molecule has 1 N–H and O–H groups in total. The predicted molar refractivity (Wildman–Crippen MR) is 128 cm³/mol. The number of piperidine rings is 1. The van der Waals surface area contributed by atoms with Gasteiger partial charge in [0, 0.05) is 22.9 Å². The third-order valence-electron chi connectivity index (χ3n) is 6.71. The number of likely N-dealkylation sites (tertiary alicyclic amines) is 1. The van der Waals surface area contributed by atoms with Gasteiger partial charge in [0.15, 0.2) is 0 Å². The monoisotopic (exact) mass is 453 g/mol. The van der Waals surface area contributed by atoms with E-state index in [2.05, 4.69) is 27.7 Å². The summed E-state index contributed by atoms with van der Waals surface area (Å²) in [5.74, 6) is 0.0480. The van der Waals surface area contributed by atoms with Gasteiger partial charge < -0.3 is 10.2 Å². The number of carbonyl (C=O) groups is 1. The van der Waals surface area contributed by atoms with Gasteiger partial charge in [-0.1, -0.05) is 12.1 Å². The Bertz CT molecular complexity index is 1160. The number of hydrogen-bond acceptors (Lipinski definition) is 4. The molecule has 0 bridgehead atoms. The van der Waals surface area contributed by atoms with Crippen molar-refractivity contribution in [2.75, 3.05) is 25.5 Å². The molecule has 2 aliphatic rings. The molecule has 6 nitrogen and oxygen atoms in total. The van der Waals surface area contributed by atoms with Crippen molar-refractivity contribution in [2.24, 2.45) is 10.3 Å². The van der Waals surface area contributed by atoms with Crippen molar-refractivity contribution in [1.29, 1.82) is 0 Å². The number of rotatable bonds is 5. The van der Waals surface area contributed by atoms with Crippen LogP contribution in [0.1, 0.15) is 53.2 Å². The second kappa shape index (κ2) is 9.16. The molecule has 1 aliphatic carbocycles. The average molecular weight is 454 g/mol. The molecular formula is C25H31N3O3S. The van der Waals surface area contributed by atoms with Crippen LogP contribution in [0.4, 0.5) is 5.69 Å². The van der Waals surface area contributed by atoms with Gasteiger partial charge in [-0.05, 0) is 107 Å². The van der Waals surface area contributed by atoms with Gasteiger partial charge in [0.05, 0.1) is 4.90 Å². The number of nitrogens with zero attached hydrogens (tertiary/aromatic N) is 2. The number of anilines is 1. The first-order valence-corrected chi connectivity index (χ1v) is 12.7. The van der Waals surface area contributed by atoms with E-state index in [1.807, 2.05) is 19.1 Å². The first-order chi connectivity index (χ1) is 15.2. The summed E-state index contributed by atoms with van der Waals surface area (Å²) in [6, 6.07) is 10.6. The quantitative estimate of drug-likeness (QED) is 0.687. The minimum Gasteiger partial charge on any atom is -0.322 e. The van der Waals surface area contributed by atoms with Crippen LogP contribution in [0.3, 0.4) is 0 Å². The van der Waals surface area contributed by atoms with Gasteiger partial charge in [0.25, 0.3) is 15.9 Å². The van der Waals surface area contributed by atoms with Crippen molar-refractivity contribution >= 4 is 27.3 Å². The Morgan fingerprint density at radius 3 is 2.59 bits per heavy atom. The lowest BCUT2D eigenvalue weighted by Crippen LogP contribution is -2.33. The maximum absolute atomic E-state index is 12.9. The lowest BCUT2D eigenvalue weighted by atomic mass is 9.93. The highest BCUT2D eigenvalue weighted by molar-refractivity contribution is 7.90. The zero-order valence-electron chi connectivity index (χ0n) is 19.0. The summed E-state index contributed by atoms with van der Waals surface area (Å²) in [4.78, 5) is 15.3. The Morgan fingerprint density at radius 1 is 1.12 bits per heavy atom. The van der Waals surface area contributed by atoms with Gasteiger partial charge in [0.2, 0.25) is 0 Å². The number of carbonyl (C=O) groups excluding carboxylic acids is 1. The molecule has 170 valence electrons. The highest BCUT2D eigenvalue weighted by atomic mass is 32.2. The Balaban J connectivity index is 1.51. The zero-order valence-corrected chi connectivity index (χ0v) is 19.8. The van der Waals surface area contributed by atoms with Crippen LogP contribution in [0, 0.1) is 12.8 Å². The van der Waals surface area contributed by atoms with Crippen molar-refractivity contribution < 1.29 is 13.2 Å². The summed E-state index contributed by atoms with van der Waals surface area (Å²) >= 11 is 0. The molecule has 7 heteroatoms. The minimum atomic E-state index is -3.79. The maximum atomic E-state index is 12.9. The van der Waals surface area contributed by atoms with Crippen molar-refractivity contribution in [2.45, 2.75) is 50.8 Å². The molecule has 0 spiro atoms. The standard InChI is InChI=1S/C25H31N3O3S/c1-17-16-21(32(30,31)27-18(2)19-12-14-28(3)15-13-19)10-11-24(17)26-25(29)23-9-5-7-20-6-4-8-22(20)23/h5,7,9-11,16,19H,4,6,8,12-15H2,1-3H3,(H,26,29)/b27-18-. The lowest BCUT2D eigenvalue weighted by molar-refractivity contribution is 0.102. The molecule has 1 aliphatic heterocycles. The Morgan fingerprint density at radius 2 is 1.88 bits per heavy atom. The van der Waals surface area contributed by atoms with Crippen molar-refractivity contribution in [3.63, 3.8) is 0 Å². The molecule has 0 atom stereocenters. The largest absolute Gasteiger partial charge is 0.322 e. The highest BCUT2D eigenvalue weighted by Gasteiger charge is 2.23. The Labute approximate surface area is 190 Å². The molecule has 0 saturated carbocycles. The fourth-order valence-electron chi connectivity index (χ4n) is 4.70. The zero-order chi connectivity index (χ0) is 22.9. The molecule has 2 aromatic carbocycles. The number of aryl methyl sites for hydroxylation is 2. The maximum Gasteiger partial charge on any atom is 0.282 e. The van der Waals surface area contributed by atoms with Gasteiger partial charge >= 0.3 is 0 Å². The minimum absolute atomic E-state index is 0.154. The predicted octanol–water partition coefficient (Wildman–Crippen LogP) is 4.23. The average Bonchev–Trinajstić information content (AvgIpc) is 3.24. The number of benzene rings is 2. The second-order valence-corrected chi connectivity index (χ2v) is 10.6. The number of nitrogens with one attached hydrogen (secondary N) is 1. The van der Waals surface area contributed by atoms with Crippen LogP contribution in [0.2, 0.25) is 0 Å². The molecule has 1 heterocycles. The van der Waals surface area contributed by atoms with Crippen LogP contribution < -0.4 is 5.32 Å². The van der Waals surface area contributed by atoms with E-state index >= 15 is 0 Å². The molecule has 32 heavy (non-hydrogen) atoms. The van der Waals surface area contributed by atoms with Crippen LogP contribution in [-0.4, -0.2) is 45.1 Å². The number of fused-ring (bicyclic) bond motifs is 1. The van der Waals surface area contributed by atoms with Crippen LogP contribution >= 0.6 is 0 Å². The molecule has 0 unspecified atom stereocenters. The van der Waals surface area contributed by atoms with Crippen LogP contribution in [-0.2, 0) is 22.9 Å². The van der Waals surface area contributed by atoms with Crippen LogP contribution in [0.15, 0.2) is 45.7 Å². The number of hydrogen-bond donors (Lipinski definition) is 1. The van der Waals surface area contributed by atoms with E-state index in [1.165, 1.54) is 11.6 Å². The number of sulfonamides is 1. The van der Waals surface area contributed by atoms with Crippen LogP contribution in [0.5, 0.6) is 0 Å². The lowest BCUT2D eigenvalue weighted by Gasteiger charge is -2.28. The molecule has 1 fully saturated rings. The molecule has 4 rings (SSSR count). The van der Waals surface area contributed by atoms with Gasteiger partial charge in [-0.2, -0.15) is 12.8 Å². The first kappa shape index (κ1) is 22.7. The van der Waals surface area contributed by atoms with E-state index in [0.717, 1.165) is 50.8 Å². The molecule has 0 radical (unpaired) electrons. The summed E-state index contributed by atoms with van der Waals surface area (Å²) in [5.41, 5.74) is 5.05. The summed E-state index contributed by atoms with van der Waals surface area (Å²) in [5, 5.41) is 2.96.